The van der Waals surface area contributed by atoms with E-state index in [1.165, 1.54) is 24.8 Å². The lowest BCUT2D eigenvalue weighted by Crippen LogP contribution is -2.29. The van der Waals surface area contributed by atoms with Gasteiger partial charge in [0, 0.05) is 0 Å². The Morgan fingerprint density at radius 2 is 2.19 bits per heavy atom. The fourth-order valence-corrected chi connectivity index (χ4v) is 2.31. The van der Waals surface area contributed by atoms with Crippen LogP contribution in [0.1, 0.15) is 43.9 Å². The Labute approximate surface area is 101 Å². The summed E-state index contributed by atoms with van der Waals surface area (Å²) in [7, 11) is 0. The number of hydrogen-bond acceptors (Lipinski definition) is 3. The average Bonchev–Trinajstić information content (AvgIpc) is 2.55. The highest BCUT2D eigenvalue weighted by Gasteiger charge is 2.19. The Balaban J connectivity index is 2.18. The summed E-state index contributed by atoms with van der Waals surface area (Å²) < 4.78 is 5.41. The molecule has 2 rings (SSSR count). The summed E-state index contributed by atoms with van der Waals surface area (Å²) in [6.45, 7) is 0. The minimum Gasteiger partial charge on any atom is -0.448 e. The molecular weight excluding hydrogens is 224 g/mol. The van der Waals surface area contributed by atoms with Gasteiger partial charge in [0.15, 0.2) is 5.22 Å². The van der Waals surface area contributed by atoms with Crippen molar-refractivity contribution in [2.75, 3.05) is 0 Å². The largest absolute Gasteiger partial charge is 0.448 e. The van der Waals surface area contributed by atoms with Crippen LogP contribution in [0.2, 0.25) is 5.22 Å². The zero-order valence-corrected chi connectivity index (χ0v) is 9.96. The van der Waals surface area contributed by atoms with Crippen molar-refractivity contribution in [2.45, 2.75) is 38.1 Å². The normalized spacial score (nSPS) is 19.0. The zero-order chi connectivity index (χ0) is 11.4. The Morgan fingerprint density at radius 3 is 2.88 bits per heavy atom. The molecule has 1 heterocycles. The lowest BCUT2D eigenvalue weighted by Gasteiger charge is -2.16. The van der Waals surface area contributed by atoms with Crippen LogP contribution < -0.4 is 11.3 Å². The highest BCUT2D eigenvalue weighted by atomic mass is 35.5. The van der Waals surface area contributed by atoms with Crippen LogP contribution in [-0.4, -0.2) is 0 Å². The van der Waals surface area contributed by atoms with Crippen molar-refractivity contribution in [1.29, 1.82) is 0 Å². The SMILES string of the molecule is NNC(C1=CCCCCC1)c1ccc(Cl)o1. The molecule has 3 nitrogen and oxygen atoms in total. The average molecular weight is 241 g/mol. The minimum absolute atomic E-state index is 0.0365. The molecule has 0 aliphatic heterocycles. The molecule has 0 saturated carbocycles. The number of hydrogen-bond donors (Lipinski definition) is 2. The molecule has 0 radical (unpaired) electrons. The summed E-state index contributed by atoms with van der Waals surface area (Å²) >= 11 is 5.78. The van der Waals surface area contributed by atoms with Gasteiger partial charge in [0.05, 0.1) is 6.04 Å². The van der Waals surface area contributed by atoms with Crippen LogP contribution in [-0.2, 0) is 0 Å². The zero-order valence-electron chi connectivity index (χ0n) is 9.21. The maximum absolute atomic E-state index is 5.78. The number of nitrogens with one attached hydrogen (secondary N) is 1. The molecule has 0 saturated heterocycles. The molecule has 0 spiro atoms. The summed E-state index contributed by atoms with van der Waals surface area (Å²) in [5.41, 5.74) is 4.12. The maximum atomic E-state index is 5.78. The van der Waals surface area contributed by atoms with Crippen LogP contribution in [0.3, 0.4) is 0 Å². The van der Waals surface area contributed by atoms with Crippen molar-refractivity contribution in [3.05, 3.63) is 34.8 Å². The third-order valence-corrected chi connectivity index (χ3v) is 3.20. The van der Waals surface area contributed by atoms with Gasteiger partial charge >= 0.3 is 0 Å². The second kappa shape index (κ2) is 5.53. The fourth-order valence-electron chi connectivity index (χ4n) is 2.16. The van der Waals surface area contributed by atoms with Crippen LogP contribution in [0.4, 0.5) is 0 Å². The van der Waals surface area contributed by atoms with Gasteiger partial charge in [-0.2, -0.15) is 0 Å². The first kappa shape index (κ1) is 11.7. The van der Waals surface area contributed by atoms with E-state index in [1.807, 2.05) is 6.07 Å². The smallest absolute Gasteiger partial charge is 0.193 e. The molecule has 0 bridgehead atoms. The van der Waals surface area contributed by atoms with E-state index in [9.17, 15) is 0 Å². The van der Waals surface area contributed by atoms with Gasteiger partial charge in [0.2, 0.25) is 0 Å². The van der Waals surface area contributed by atoms with Crippen molar-refractivity contribution < 1.29 is 4.42 Å². The van der Waals surface area contributed by atoms with Gasteiger partial charge in [-0.15, -0.1) is 0 Å². The van der Waals surface area contributed by atoms with E-state index < -0.39 is 0 Å². The highest BCUT2D eigenvalue weighted by Crippen LogP contribution is 2.30. The first-order valence-electron chi connectivity index (χ1n) is 5.71. The Hall–Kier alpha value is -0.770. The first-order valence-corrected chi connectivity index (χ1v) is 6.09. The molecule has 0 fully saturated rings. The summed E-state index contributed by atoms with van der Waals surface area (Å²) in [4.78, 5) is 0. The van der Waals surface area contributed by atoms with Crippen LogP contribution in [0.5, 0.6) is 0 Å². The Bertz CT molecular complexity index is 373. The van der Waals surface area contributed by atoms with Gasteiger partial charge in [-0.05, 0) is 55.0 Å². The first-order chi connectivity index (χ1) is 7.81. The van der Waals surface area contributed by atoms with Crippen LogP contribution in [0.25, 0.3) is 0 Å². The molecule has 4 heteroatoms. The molecule has 3 N–H and O–H groups in total. The molecule has 88 valence electrons. The molecule has 16 heavy (non-hydrogen) atoms. The highest BCUT2D eigenvalue weighted by molar-refractivity contribution is 6.28. The third kappa shape index (κ3) is 2.67. The van der Waals surface area contributed by atoms with Crippen molar-refractivity contribution >= 4 is 11.6 Å². The number of nitrogens with two attached hydrogens (primary N) is 1. The van der Waals surface area contributed by atoms with Gasteiger partial charge < -0.3 is 4.42 Å². The van der Waals surface area contributed by atoms with E-state index >= 15 is 0 Å². The van der Waals surface area contributed by atoms with Gasteiger partial charge in [0.1, 0.15) is 5.76 Å². The van der Waals surface area contributed by atoms with Gasteiger partial charge in [-0.1, -0.05) is 12.5 Å². The predicted molar refractivity (Wildman–Crippen MR) is 65.0 cm³/mol. The summed E-state index contributed by atoms with van der Waals surface area (Å²) in [6, 6.07) is 3.59. The standard InChI is InChI=1S/C12H17ClN2O/c13-11-8-7-10(16-11)12(15-14)9-5-3-1-2-4-6-9/h5,7-8,12,15H,1-4,6,14H2. The number of hydrazine groups is 1. The summed E-state index contributed by atoms with van der Waals surface area (Å²) in [6.07, 6.45) is 8.25. The maximum Gasteiger partial charge on any atom is 0.193 e. The fraction of sp³-hybridized carbons (Fsp3) is 0.500. The van der Waals surface area contributed by atoms with E-state index in [0.717, 1.165) is 18.6 Å². The van der Waals surface area contributed by atoms with Crippen LogP contribution in [0.15, 0.2) is 28.2 Å². The van der Waals surface area contributed by atoms with Crippen LogP contribution in [0, 0.1) is 0 Å². The van der Waals surface area contributed by atoms with Crippen molar-refractivity contribution in [1.82, 2.24) is 5.43 Å². The number of halogens is 1. The second-order valence-electron chi connectivity index (χ2n) is 4.12. The van der Waals surface area contributed by atoms with Crippen molar-refractivity contribution in [3.63, 3.8) is 0 Å². The van der Waals surface area contributed by atoms with Gasteiger partial charge in [0.25, 0.3) is 0 Å². The van der Waals surface area contributed by atoms with E-state index in [2.05, 4.69) is 11.5 Å². The van der Waals surface area contributed by atoms with Gasteiger partial charge in [-0.25, -0.2) is 5.43 Å². The summed E-state index contributed by atoms with van der Waals surface area (Å²) in [5.74, 6) is 6.39. The number of rotatable bonds is 3. The molecule has 1 aromatic heterocycles. The molecule has 1 aliphatic carbocycles. The topological polar surface area (TPSA) is 51.2 Å². The molecule has 1 aromatic rings. The molecule has 0 amide bonds. The molecule has 1 unspecified atom stereocenters. The lowest BCUT2D eigenvalue weighted by molar-refractivity contribution is 0.442. The van der Waals surface area contributed by atoms with E-state index in [1.54, 1.807) is 6.07 Å². The Morgan fingerprint density at radius 1 is 1.31 bits per heavy atom. The minimum atomic E-state index is -0.0365. The Kier molecular flexibility index (Phi) is 4.04. The van der Waals surface area contributed by atoms with Crippen molar-refractivity contribution in [3.8, 4) is 0 Å². The third-order valence-electron chi connectivity index (χ3n) is 2.99. The second-order valence-corrected chi connectivity index (χ2v) is 4.49. The molecule has 1 atom stereocenters. The lowest BCUT2D eigenvalue weighted by atomic mass is 10.0. The van der Waals surface area contributed by atoms with Crippen LogP contribution >= 0.6 is 11.6 Å². The quantitative estimate of drug-likeness (QED) is 0.484. The summed E-state index contributed by atoms with van der Waals surface area (Å²) in [5, 5.41) is 0.407. The van der Waals surface area contributed by atoms with Crippen molar-refractivity contribution in [2.24, 2.45) is 5.84 Å². The molecule has 1 aliphatic rings. The van der Waals surface area contributed by atoms with E-state index in [0.29, 0.717) is 5.22 Å². The van der Waals surface area contributed by atoms with E-state index in [-0.39, 0.29) is 6.04 Å². The monoisotopic (exact) mass is 240 g/mol. The molecular formula is C12H17ClN2O. The number of allylic oxidation sites excluding steroid dienone is 1. The van der Waals surface area contributed by atoms with Gasteiger partial charge in [-0.3, -0.25) is 5.84 Å². The number of furan rings is 1. The van der Waals surface area contributed by atoms with E-state index in [4.69, 9.17) is 21.9 Å². The molecule has 0 aromatic carbocycles. The predicted octanol–water partition coefficient (Wildman–Crippen LogP) is 3.33.